The van der Waals surface area contributed by atoms with Crippen LogP contribution in [-0.4, -0.2) is 38.1 Å². The molecule has 3 rings (SSSR count). The van der Waals surface area contributed by atoms with E-state index in [0.717, 1.165) is 12.5 Å². The van der Waals surface area contributed by atoms with E-state index >= 15 is 0 Å². The lowest BCUT2D eigenvalue weighted by molar-refractivity contribution is 0.255. The van der Waals surface area contributed by atoms with E-state index in [-0.39, 0.29) is 0 Å². The Kier molecular flexibility index (Phi) is 4.79. The van der Waals surface area contributed by atoms with Gasteiger partial charge in [0.25, 0.3) is 0 Å². The lowest BCUT2D eigenvalue weighted by atomic mass is 9.86. The van der Waals surface area contributed by atoms with Gasteiger partial charge in [0.15, 0.2) is 0 Å². The molecule has 2 heterocycles. The summed E-state index contributed by atoms with van der Waals surface area (Å²) < 4.78 is 1.33. The summed E-state index contributed by atoms with van der Waals surface area (Å²) in [5, 5.41) is 3.51. The topological polar surface area (TPSA) is 15.3 Å². The van der Waals surface area contributed by atoms with Crippen LogP contribution in [0.1, 0.15) is 48.6 Å². The average molecular weight is 337 g/mol. The second-order valence-electron chi connectivity index (χ2n) is 6.40. The Bertz CT molecular complexity index is 446. The first-order valence-electron chi connectivity index (χ1n) is 7.92. The fourth-order valence-electron chi connectivity index (χ4n) is 3.58. The fraction of sp³-hybridized carbons (Fsp3) is 0.647. The maximum absolute atomic E-state index is 3.83. The van der Waals surface area contributed by atoms with E-state index in [9.17, 15) is 0 Å². The van der Waals surface area contributed by atoms with Crippen LogP contribution in [0.4, 0.5) is 0 Å². The molecule has 0 amide bonds. The van der Waals surface area contributed by atoms with Crippen LogP contribution in [0.25, 0.3) is 0 Å². The average Bonchev–Trinajstić information content (AvgIpc) is 2.49. The highest BCUT2D eigenvalue weighted by atomic mass is 79.9. The molecular formula is C17H25BrN2. The zero-order valence-electron chi connectivity index (χ0n) is 12.4. The Hall–Kier alpha value is -0.380. The number of hydrogen-bond donors (Lipinski definition) is 1. The molecule has 2 aliphatic rings. The number of likely N-dealkylation sites (tertiary alicyclic amines) is 1. The van der Waals surface area contributed by atoms with Crippen molar-refractivity contribution >= 4 is 15.9 Å². The predicted octanol–water partition coefficient (Wildman–Crippen LogP) is 3.73. The van der Waals surface area contributed by atoms with Crippen molar-refractivity contribution in [3.63, 3.8) is 0 Å². The van der Waals surface area contributed by atoms with Crippen LogP contribution in [0, 0.1) is 0 Å². The molecule has 2 aliphatic heterocycles. The van der Waals surface area contributed by atoms with Crippen molar-refractivity contribution in [2.24, 2.45) is 0 Å². The van der Waals surface area contributed by atoms with Crippen molar-refractivity contribution in [1.29, 1.82) is 0 Å². The van der Waals surface area contributed by atoms with Crippen LogP contribution in [-0.2, 0) is 0 Å². The van der Waals surface area contributed by atoms with Gasteiger partial charge in [0.05, 0.1) is 0 Å². The van der Waals surface area contributed by atoms with Crippen LogP contribution >= 0.6 is 15.9 Å². The molecule has 110 valence electrons. The first-order valence-corrected chi connectivity index (χ1v) is 8.72. The van der Waals surface area contributed by atoms with Crippen molar-refractivity contribution in [2.75, 3.05) is 33.2 Å². The minimum atomic E-state index is 0.701. The molecule has 20 heavy (non-hydrogen) atoms. The summed E-state index contributed by atoms with van der Waals surface area (Å²) in [7, 11) is 2.23. The van der Waals surface area contributed by atoms with E-state index in [1.807, 2.05) is 0 Å². The zero-order chi connectivity index (χ0) is 13.9. The molecule has 0 spiro atoms. The number of halogens is 1. The van der Waals surface area contributed by atoms with E-state index in [1.165, 1.54) is 60.9 Å². The monoisotopic (exact) mass is 336 g/mol. The van der Waals surface area contributed by atoms with E-state index in [0.29, 0.717) is 5.92 Å². The van der Waals surface area contributed by atoms with Gasteiger partial charge in [-0.1, -0.05) is 28.1 Å². The van der Waals surface area contributed by atoms with Crippen LogP contribution in [0.15, 0.2) is 22.7 Å². The summed E-state index contributed by atoms with van der Waals surface area (Å²) in [6.07, 6.45) is 5.21. The van der Waals surface area contributed by atoms with Crippen molar-refractivity contribution in [3.8, 4) is 0 Å². The normalized spacial score (nSPS) is 25.8. The maximum Gasteiger partial charge on any atom is 0.0212 e. The van der Waals surface area contributed by atoms with Crippen LogP contribution in [0.3, 0.4) is 0 Å². The molecule has 0 aliphatic carbocycles. The van der Waals surface area contributed by atoms with Gasteiger partial charge in [-0.2, -0.15) is 0 Å². The molecule has 0 aromatic heterocycles. The van der Waals surface area contributed by atoms with Gasteiger partial charge in [-0.05, 0) is 81.4 Å². The number of hydrogen-bond acceptors (Lipinski definition) is 2. The number of piperidine rings is 2. The van der Waals surface area contributed by atoms with Crippen molar-refractivity contribution in [1.82, 2.24) is 10.2 Å². The number of rotatable bonds is 2. The van der Waals surface area contributed by atoms with Crippen LogP contribution in [0.2, 0.25) is 0 Å². The van der Waals surface area contributed by atoms with Gasteiger partial charge >= 0.3 is 0 Å². The van der Waals surface area contributed by atoms with Gasteiger partial charge < -0.3 is 10.2 Å². The van der Waals surface area contributed by atoms with Gasteiger partial charge in [0.1, 0.15) is 0 Å². The summed E-state index contributed by atoms with van der Waals surface area (Å²) in [4.78, 5) is 2.44. The number of nitrogens with one attached hydrogen (secondary N) is 1. The molecule has 0 radical (unpaired) electrons. The molecule has 1 unspecified atom stereocenters. The quantitative estimate of drug-likeness (QED) is 0.885. The zero-order valence-corrected chi connectivity index (χ0v) is 14.0. The highest BCUT2D eigenvalue weighted by molar-refractivity contribution is 9.10. The Morgan fingerprint density at radius 1 is 1.15 bits per heavy atom. The Morgan fingerprint density at radius 2 is 1.95 bits per heavy atom. The Morgan fingerprint density at radius 3 is 2.60 bits per heavy atom. The molecule has 3 heteroatoms. The SMILES string of the molecule is CN1CCC(c2ccc(C3CCCNC3)cc2Br)CC1. The van der Waals surface area contributed by atoms with E-state index in [1.54, 1.807) is 0 Å². The first kappa shape index (κ1) is 14.6. The summed E-state index contributed by atoms with van der Waals surface area (Å²) in [6.45, 7) is 4.78. The summed E-state index contributed by atoms with van der Waals surface area (Å²) >= 11 is 3.83. The Balaban J connectivity index is 1.73. The van der Waals surface area contributed by atoms with Crippen LogP contribution in [0.5, 0.6) is 0 Å². The van der Waals surface area contributed by atoms with E-state index in [2.05, 4.69) is 51.4 Å². The van der Waals surface area contributed by atoms with Crippen molar-refractivity contribution in [2.45, 2.75) is 37.5 Å². The van der Waals surface area contributed by atoms with Gasteiger partial charge in [-0.25, -0.2) is 0 Å². The van der Waals surface area contributed by atoms with Gasteiger partial charge in [0, 0.05) is 11.0 Å². The maximum atomic E-state index is 3.83. The molecule has 2 fully saturated rings. The summed E-state index contributed by atoms with van der Waals surface area (Å²) in [5.41, 5.74) is 3.02. The fourth-order valence-corrected chi connectivity index (χ4v) is 4.30. The molecule has 2 saturated heterocycles. The highest BCUT2D eigenvalue weighted by Crippen LogP contribution is 2.35. The molecule has 1 N–H and O–H groups in total. The lowest BCUT2D eigenvalue weighted by Gasteiger charge is -2.30. The molecule has 2 nitrogen and oxygen atoms in total. The largest absolute Gasteiger partial charge is 0.316 e. The van der Waals surface area contributed by atoms with E-state index < -0.39 is 0 Å². The van der Waals surface area contributed by atoms with Gasteiger partial charge in [-0.3, -0.25) is 0 Å². The van der Waals surface area contributed by atoms with Gasteiger partial charge in [-0.15, -0.1) is 0 Å². The second kappa shape index (κ2) is 6.59. The minimum Gasteiger partial charge on any atom is -0.316 e. The standard InChI is InChI=1S/C17H25BrN2/c1-20-9-6-13(7-10-20)16-5-4-14(11-17(16)18)15-3-2-8-19-12-15/h4-5,11,13,15,19H,2-3,6-10,12H2,1H3. The third-order valence-corrected chi connectivity index (χ3v) is 5.64. The van der Waals surface area contributed by atoms with Gasteiger partial charge in [0.2, 0.25) is 0 Å². The third-order valence-electron chi connectivity index (χ3n) is 4.95. The molecule has 0 saturated carbocycles. The molecule has 0 bridgehead atoms. The first-order chi connectivity index (χ1) is 9.74. The Labute approximate surface area is 131 Å². The molecule has 1 aromatic carbocycles. The van der Waals surface area contributed by atoms with Crippen molar-refractivity contribution < 1.29 is 0 Å². The molecule has 1 atom stereocenters. The molecular weight excluding hydrogens is 312 g/mol. The summed E-state index contributed by atoms with van der Waals surface area (Å²) in [6, 6.07) is 7.13. The van der Waals surface area contributed by atoms with Crippen molar-refractivity contribution in [3.05, 3.63) is 33.8 Å². The van der Waals surface area contributed by atoms with Crippen LogP contribution < -0.4 is 5.32 Å². The molecule has 1 aromatic rings. The smallest absolute Gasteiger partial charge is 0.0212 e. The van der Waals surface area contributed by atoms with E-state index in [4.69, 9.17) is 0 Å². The number of benzene rings is 1. The predicted molar refractivity (Wildman–Crippen MR) is 88.5 cm³/mol. The minimum absolute atomic E-state index is 0.701. The lowest BCUT2D eigenvalue weighted by Crippen LogP contribution is -2.29. The summed E-state index contributed by atoms with van der Waals surface area (Å²) in [5.74, 6) is 1.44. The number of nitrogens with zero attached hydrogens (tertiary/aromatic N) is 1. The second-order valence-corrected chi connectivity index (χ2v) is 7.26. The highest BCUT2D eigenvalue weighted by Gasteiger charge is 2.22. The third kappa shape index (κ3) is 3.26.